The molecule has 156 valence electrons. The maximum Gasteiger partial charge on any atom is 0.303 e. The number of carboxylic acid groups (broad SMARTS) is 1. The second kappa shape index (κ2) is 8.46. The number of hydrogen-bond acceptors (Lipinski definition) is 1. The Balaban J connectivity index is 0.00000102. The number of rotatable bonds is 4. The molecule has 4 fully saturated rings. The van der Waals surface area contributed by atoms with E-state index in [1.807, 2.05) is 13.8 Å². The largest absolute Gasteiger partial charge is 0.481 e. The number of fused-ring (bicyclic) bond motifs is 5. The van der Waals surface area contributed by atoms with Gasteiger partial charge in [0.25, 0.3) is 0 Å². The van der Waals surface area contributed by atoms with Crippen molar-refractivity contribution >= 4 is 5.97 Å². The highest BCUT2D eigenvalue weighted by molar-refractivity contribution is 5.66. The van der Waals surface area contributed by atoms with Crippen molar-refractivity contribution in [2.24, 2.45) is 40.4 Å². The minimum atomic E-state index is -0.619. The highest BCUT2D eigenvalue weighted by atomic mass is 16.4. The summed E-state index contributed by atoms with van der Waals surface area (Å²) in [5, 5.41) is 8.98. The molecule has 4 rings (SSSR count). The summed E-state index contributed by atoms with van der Waals surface area (Å²) in [6.07, 6.45) is 17.0. The van der Waals surface area contributed by atoms with Gasteiger partial charge in [-0.3, -0.25) is 4.79 Å². The van der Waals surface area contributed by atoms with Gasteiger partial charge in [0, 0.05) is 6.42 Å². The van der Waals surface area contributed by atoms with Crippen LogP contribution >= 0.6 is 0 Å². The predicted octanol–water partition coefficient (Wildman–Crippen LogP) is 7.32. The fraction of sp³-hybridized carbons (Fsp3) is 0.960. The van der Waals surface area contributed by atoms with E-state index in [2.05, 4.69) is 13.8 Å². The molecule has 4 aliphatic carbocycles. The molecule has 0 aromatic rings. The smallest absolute Gasteiger partial charge is 0.303 e. The number of aliphatic carboxylic acids is 1. The fourth-order valence-corrected chi connectivity index (χ4v) is 8.38. The van der Waals surface area contributed by atoms with Crippen LogP contribution in [-0.4, -0.2) is 11.1 Å². The van der Waals surface area contributed by atoms with Crippen LogP contribution in [0.2, 0.25) is 0 Å². The summed E-state index contributed by atoms with van der Waals surface area (Å²) in [4.78, 5) is 10.9. The maximum absolute atomic E-state index is 10.9. The van der Waals surface area contributed by atoms with Crippen LogP contribution in [-0.2, 0) is 4.79 Å². The summed E-state index contributed by atoms with van der Waals surface area (Å²) in [6.45, 7) is 9.25. The van der Waals surface area contributed by atoms with Gasteiger partial charge in [-0.05, 0) is 105 Å². The highest BCUT2D eigenvalue weighted by Gasteiger charge is 2.59. The van der Waals surface area contributed by atoms with Crippen LogP contribution in [0.1, 0.15) is 111 Å². The lowest BCUT2D eigenvalue weighted by Gasteiger charge is -2.60. The molecule has 27 heavy (non-hydrogen) atoms. The molecule has 6 unspecified atom stereocenters. The number of carboxylic acids is 1. The quantitative estimate of drug-likeness (QED) is 0.558. The normalized spacial score (nSPS) is 45.7. The summed E-state index contributed by atoms with van der Waals surface area (Å²) in [7, 11) is 0. The average Bonchev–Trinajstić information content (AvgIpc) is 2.99. The molecule has 4 saturated carbocycles. The summed E-state index contributed by atoms with van der Waals surface area (Å²) < 4.78 is 0. The van der Waals surface area contributed by atoms with E-state index in [0.717, 1.165) is 42.4 Å². The minimum Gasteiger partial charge on any atom is -0.481 e. The molecule has 2 nitrogen and oxygen atoms in total. The molecule has 0 radical (unpaired) electrons. The molecule has 0 bridgehead atoms. The third-order valence-electron chi connectivity index (χ3n) is 9.72. The lowest BCUT2D eigenvalue weighted by atomic mass is 9.45. The van der Waals surface area contributed by atoms with Crippen molar-refractivity contribution in [3.8, 4) is 0 Å². The van der Waals surface area contributed by atoms with Gasteiger partial charge in [-0.2, -0.15) is 0 Å². The van der Waals surface area contributed by atoms with Gasteiger partial charge in [0.05, 0.1) is 0 Å². The van der Waals surface area contributed by atoms with Gasteiger partial charge in [0.2, 0.25) is 0 Å². The molecule has 0 saturated heterocycles. The molecule has 0 heterocycles. The minimum absolute atomic E-state index is 0.364. The first-order valence-corrected chi connectivity index (χ1v) is 12.2. The Bertz CT molecular complexity index is 514. The van der Waals surface area contributed by atoms with E-state index < -0.39 is 5.97 Å². The Kier molecular flexibility index (Phi) is 6.63. The lowest BCUT2D eigenvalue weighted by Crippen LogP contribution is -2.52. The Morgan fingerprint density at radius 2 is 1.63 bits per heavy atom. The standard InChI is InChI=1S/C23H38O2.C2H6/c1-22-14-4-3-6-16(22)9-11-18-19-12-10-17(7-5-8-21(24)25)23(19,2)15-13-20(18)22;1-2/h16-20H,3-15H2,1-2H3,(H,24,25);1-2H3/t16?,17-,18?,19?,20?,22?,23?;/m0./s1. The van der Waals surface area contributed by atoms with Crippen LogP contribution in [0.25, 0.3) is 0 Å². The van der Waals surface area contributed by atoms with Gasteiger partial charge in [0.15, 0.2) is 0 Å². The van der Waals surface area contributed by atoms with Crippen LogP contribution in [0, 0.1) is 40.4 Å². The van der Waals surface area contributed by atoms with E-state index in [1.165, 1.54) is 64.2 Å². The van der Waals surface area contributed by atoms with Gasteiger partial charge >= 0.3 is 5.97 Å². The number of carbonyl (C=O) groups is 1. The first kappa shape index (κ1) is 21.2. The molecule has 0 spiro atoms. The van der Waals surface area contributed by atoms with E-state index in [0.29, 0.717) is 17.3 Å². The average molecular weight is 377 g/mol. The third kappa shape index (κ3) is 3.71. The highest BCUT2D eigenvalue weighted by Crippen LogP contribution is 2.67. The zero-order chi connectivity index (χ0) is 19.7. The zero-order valence-corrected chi connectivity index (χ0v) is 18.4. The van der Waals surface area contributed by atoms with Crippen molar-refractivity contribution in [3.05, 3.63) is 0 Å². The Morgan fingerprint density at radius 1 is 0.889 bits per heavy atom. The van der Waals surface area contributed by atoms with E-state index >= 15 is 0 Å². The molecular weight excluding hydrogens is 332 g/mol. The molecule has 1 N–H and O–H groups in total. The Hall–Kier alpha value is -0.530. The first-order chi connectivity index (χ1) is 12.9. The predicted molar refractivity (Wildman–Crippen MR) is 113 cm³/mol. The maximum atomic E-state index is 10.9. The van der Waals surface area contributed by atoms with Crippen molar-refractivity contribution in [2.75, 3.05) is 0 Å². The van der Waals surface area contributed by atoms with Gasteiger partial charge in [-0.15, -0.1) is 0 Å². The van der Waals surface area contributed by atoms with E-state index in [9.17, 15) is 4.79 Å². The zero-order valence-electron chi connectivity index (χ0n) is 18.4. The van der Waals surface area contributed by atoms with Gasteiger partial charge < -0.3 is 5.11 Å². The van der Waals surface area contributed by atoms with Gasteiger partial charge in [-0.1, -0.05) is 40.5 Å². The van der Waals surface area contributed by atoms with Crippen molar-refractivity contribution in [1.82, 2.24) is 0 Å². The van der Waals surface area contributed by atoms with Crippen LogP contribution < -0.4 is 0 Å². The molecular formula is C25H44O2. The molecule has 0 aromatic carbocycles. The number of hydrogen-bond donors (Lipinski definition) is 1. The lowest BCUT2D eigenvalue weighted by molar-refractivity contribution is -0.137. The SMILES string of the molecule is CC.CC12CCCCC1CCC1C2CCC2(C)C1CC[C@@H]2CCCC(=O)O. The molecule has 7 atom stereocenters. The second-order valence-corrected chi connectivity index (χ2v) is 10.5. The topological polar surface area (TPSA) is 37.3 Å². The summed E-state index contributed by atoms with van der Waals surface area (Å²) in [5.41, 5.74) is 1.15. The van der Waals surface area contributed by atoms with Crippen molar-refractivity contribution in [2.45, 2.75) is 111 Å². The second-order valence-electron chi connectivity index (χ2n) is 10.5. The summed E-state index contributed by atoms with van der Waals surface area (Å²) in [5.74, 6) is 4.08. The third-order valence-corrected chi connectivity index (χ3v) is 9.72. The van der Waals surface area contributed by atoms with E-state index in [4.69, 9.17) is 5.11 Å². The van der Waals surface area contributed by atoms with Gasteiger partial charge in [-0.25, -0.2) is 0 Å². The first-order valence-electron chi connectivity index (χ1n) is 12.2. The summed E-state index contributed by atoms with van der Waals surface area (Å²) >= 11 is 0. The van der Waals surface area contributed by atoms with Gasteiger partial charge in [0.1, 0.15) is 0 Å². The molecule has 4 aliphatic rings. The Morgan fingerprint density at radius 3 is 2.37 bits per heavy atom. The van der Waals surface area contributed by atoms with E-state index in [1.54, 1.807) is 0 Å². The molecule has 0 aliphatic heterocycles. The van der Waals surface area contributed by atoms with Crippen molar-refractivity contribution in [3.63, 3.8) is 0 Å². The van der Waals surface area contributed by atoms with Crippen molar-refractivity contribution in [1.29, 1.82) is 0 Å². The Labute approximate surface area is 167 Å². The van der Waals surface area contributed by atoms with E-state index in [-0.39, 0.29) is 0 Å². The van der Waals surface area contributed by atoms with Crippen LogP contribution in [0.15, 0.2) is 0 Å². The fourth-order valence-electron chi connectivity index (χ4n) is 8.38. The summed E-state index contributed by atoms with van der Waals surface area (Å²) in [6, 6.07) is 0. The monoisotopic (exact) mass is 376 g/mol. The molecule has 2 heteroatoms. The van der Waals surface area contributed by atoms with Crippen LogP contribution in [0.4, 0.5) is 0 Å². The van der Waals surface area contributed by atoms with Crippen molar-refractivity contribution < 1.29 is 9.90 Å². The molecule has 0 aromatic heterocycles. The van der Waals surface area contributed by atoms with Crippen LogP contribution in [0.5, 0.6) is 0 Å². The van der Waals surface area contributed by atoms with Crippen LogP contribution in [0.3, 0.4) is 0 Å². The molecule has 0 amide bonds.